The highest BCUT2D eigenvalue weighted by molar-refractivity contribution is 7.11. The van der Waals surface area contributed by atoms with E-state index in [0.717, 1.165) is 5.02 Å². The van der Waals surface area contributed by atoms with Crippen molar-refractivity contribution in [3.63, 3.8) is 0 Å². The van der Waals surface area contributed by atoms with Crippen molar-refractivity contribution in [3.05, 3.63) is 31.6 Å². The Morgan fingerprint density at radius 3 is 2.38 bits per heavy atom. The summed E-state index contributed by atoms with van der Waals surface area (Å²) in [6, 6.07) is 2.18. The number of hydrogen-bond acceptors (Lipinski definition) is 2. The first-order chi connectivity index (χ1) is 6.18. The Morgan fingerprint density at radius 2 is 1.92 bits per heavy atom. The molecule has 0 N–H and O–H groups in total. The standard InChI is InChI=1S/C10H9ClS2/c1-6-3-8(4-12-6)9-5-13-7(2)10(9)11/h3-5H,1-2H3. The van der Waals surface area contributed by atoms with Crippen LogP contribution in [0.2, 0.25) is 5.02 Å². The van der Waals surface area contributed by atoms with E-state index in [4.69, 9.17) is 11.6 Å². The molecule has 0 saturated carbocycles. The van der Waals surface area contributed by atoms with Crippen LogP contribution in [0.4, 0.5) is 0 Å². The first kappa shape index (κ1) is 9.25. The average molecular weight is 229 g/mol. The third kappa shape index (κ3) is 1.66. The van der Waals surface area contributed by atoms with E-state index in [0.29, 0.717) is 0 Å². The molecule has 0 radical (unpaired) electrons. The number of rotatable bonds is 1. The lowest BCUT2D eigenvalue weighted by Crippen LogP contribution is -1.69. The van der Waals surface area contributed by atoms with E-state index in [-0.39, 0.29) is 0 Å². The number of aryl methyl sites for hydroxylation is 2. The van der Waals surface area contributed by atoms with Gasteiger partial charge in [-0.05, 0) is 30.9 Å². The quantitative estimate of drug-likeness (QED) is 0.661. The van der Waals surface area contributed by atoms with Gasteiger partial charge in [-0.15, -0.1) is 22.7 Å². The molecule has 0 spiro atoms. The minimum absolute atomic E-state index is 0.905. The molecule has 0 amide bonds. The second kappa shape index (κ2) is 3.45. The van der Waals surface area contributed by atoms with Crippen LogP contribution < -0.4 is 0 Å². The Labute approximate surface area is 90.8 Å². The van der Waals surface area contributed by atoms with E-state index in [1.807, 2.05) is 0 Å². The van der Waals surface area contributed by atoms with Crippen LogP contribution >= 0.6 is 34.3 Å². The van der Waals surface area contributed by atoms with Crippen molar-refractivity contribution in [2.24, 2.45) is 0 Å². The van der Waals surface area contributed by atoms with Crippen LogP contribution in [0.5, 0.6) is 0 Å². The maximum absolute atomic E-state index is 6.17. The highest BCUT2D eigenvalue weighted by Gasteiger charge is 2.08. The van der Waals surface area contributed by atoms with E-state index in [2.05, 4.69) is 30.7 Å². The molecule has 0 atom stereocenters. The van der Waals surface area contributed by atoms with E-state index < -0.39 is 0 Å². The molecule has 0 aliphatic carbocycles. The van der Waals surface area contributed by atoms with Gasteiger partial charge in [-0.25, -0.2) is 0 Å². The maximum atomic E-state index is 6.17. The predicted octanol–water partition coefficient (Wildman–Crippen LogP) is 4.75. The zero-order valence-electron chi connectivity index (χ0n) is 7.43. The van der Waals surface area contributed by atoms with Crippen molar-refractivity contribution >= 4 is 34.3 Å². The topological polar surface area (TPSA) is 0 Å². The summed E-state index contributed by atoms with van der Waals surface area (Å²) in [5.41, 5.74) is 2.42. The van der Waals surface area contributed by atoms with Gasteiger partial charge in [0.15, 0.2) is 0 Å². The van der Waals surface area contributed by atoms with Gasteiger partial charge < -0.3 is 0 Å². The lowest BCUT2D eigenvalue weighted by Gasteiger charge is -1.93. The fourth-order valence-corrected chi connectivity index (χ4v) is 3.05. The molecule has 3 heteroatoms. The van der Waals surface area contributed by atoms with Gasteiger partial charge in [0.25, 0.3) is 0 Å². The van der Waals surface area contributed by atoms with Crippen LogP contribution in [0.15, 0.2) is 16.8 Å². The van der Waals surface area contributed by atoms with E-state index >= 15 is 0 Å². The monoisotopic (exact) mass is 228 g/mol. The highest BCUT2D eigenvalue weighted by Crippen LogP contribution is 2.36. The van der Waals surface area contributed by atoms with Gasteiger partial charge in [0.2, 0.25) is 0 Å². The lowest BCUT2D eigenvalue weighted by atomic mass is 10.2. The van der Waals surface area contributed by atoms with Crippen LogP contribution in [0, 0.1) is 13.8 Å². The van der Waals surface area contributed by atoms with E-state index in [1.54, 1.807) is 22.7 Å². The zero-order valence-corrected chi connectivity index (χ0v) is 9.82. The van der Waals surface area contributed by atoms with Gasteiger partial charge in [-0.1, -0.05) is 11.6 Å². The Hall–Kier alpha value is -0.310. The van der Waals surface area contributed by atoms with Crippen molar-refractivity contribution in [2.75, 3.05) is 0 Å². The summed E-state index contributed by atoms with van der Waals surface area (Å²) in [7, 11) is 0. The molecule has 0 unspecified atom stereocenters. The average Bonchev–Trinajstić information content (AvgIpc) is 2.62. The fourth-order valence-electron chi connectivity index (χ4n) is 1.22. The molecule has 0 aliphatic rings. The summed E-state index contributed by atoms with van der Waals surface area (Å²) in [4.78, 5) is 2.52. The van der Waals surface area contributed by atoms with Gasteiger partial charge in [0.1, 0.15) is 0 Å². The largest absolute Gasteiger partial charge is 0.149 e. The van der Waals surface area contributed by atoms with Crippen LogP contribution in [-0.4, -0.2) is 0 Å². The molecule has 2 heterocycles. The first-order valence-electron chi connectivity index (χ1n) is 3.97. The van der Waals surface area contributed by atoms with E-state index in [1.165, 1.54) is 20.9 Å². The third-order valence-corrected chi connectivity index (χ3v) is 4.31. The molecule has 2 aromatic heterocycles. The van der Waals surface area contributed by atoms with Crippen LogP contribution in [0.1, 0.15) is 9.75 Å². The smallest absolute Gasteiger partial charge is 0.0620 e. The van der Waals surface area contributed by atoms with Crippen molar-refractivity contribution in [2.45, 2.75) is 13.8 Å². The second-order valence-corrected chi connectivity index (χ2v) is 5.54. The highest BCUT2D eigenvalue weighted by atomic mass is 35.5. The Bertz CT molecular complexity index is 426. The summed E-state index contributed by atoms with van der Waals surface area (Å²) in [5, 5.41) is 5.18. The summed E-state index contributed by atoms with van der Waals surface area (Å²) >= 11 is 9.64. The van der Waals surface area contributed by atoms with Gasteiger partial charge in [0.05, 0.1) is 5.02 Å². The SMILES string of the molecule is Cc1cc(-c2csc(C)c2Cl)cs1. The molecule has 0 nitrogen and oxygen atoms in total. The second-order valence-electron chi connectivity index (χ2n) is 2.97. The van der Waals surface area contributed by atoms with Gasteiger partial charge in [-0.3, -0.25) is 0 Å². The molecule has 68 valence electrons. The zero-order chi connectivity index (χ0) is 9.42. The van der Waals surface area contributed by atoms with Crippen LogP contribution in [0.3, 0.4) is 0 Å². The Morgan fingerprint density at radius 1 is 1.15 bits per heavy atom. The Balaban J connectivity index is 2.52. The normalized spacial score (nSPS) is 10.7. The van der Waals surface area contributed by atoms with Gasteiger partial charge in [-0.2, -0.15) is 0 Å². The first-order valence-corrected chi connectivity index (χ1v) is 6.11. The predicted molar refractivity (Wildman–Crippen MR) is 62.1 cm³/mol. The minimum atomic E-state index is 0.905. The Kier molecular flexibility index (Phi) is 2.45. The summed E-state index contributed by atoms with van der Waals surface area (Å²) in [6.45, 7) is 4.16. The molecule has 0 saturated heterocycles. The van der Waals surface area contributed by atoms with Crippen molar-refractivity contribution in [1.29, 1.82) is 0 Å². The van der Waals surface area contributed by atoms with Crippen molar-refractivity contribution < 1.29 is 0 Å². The summed E-state index contributed by atoms with van der Waals surface area (Å²) < 4.78 is 0. The molecule has 0 aromatic carbocycles. The molecule has 13 heavy (non-hydrogen) atoms. The fraction of sp³-hybridized carbons (Fsp3) is 0.200. The van der Waals surface area contributed by atoms with Crippen LogP contribution in [0.25, 0.3) is 11.1 Å². The summed E-state index contributed by atoms with van der Waals surface area (Å²) in [5.74, 6) is 0. The van der Waals surface area contributed by atoms with Crippen LogP contribution in [-0.2, 0) is 0 Å². The number of hydrogen-bond donors (Lipinski definition) is 0. The van der Waals surface area contributed by atoms with Crippen molar-refractivity contribution in [3.8, 4) is 11.1 Å². The van der Waals surface area contributed by atoms with Gasteiger partial charge >= 0.3 is 0 Å². The van der Waals surface area contributed by atoms with Gasteiger partial charge in [0, 0.05) is 20.7 Å². The molecule has 2 rings (SSSR count). The number of thiophene rings is 2. The lowest BCUT2D eigenvalue weighted by molar-refractivity contribution is 1.61. The third-order valence-electron chi connectivity index (χ3n) is 1.94. The number of halogens is 1. The minimum Gasteiger partial charge on any atom is -0.149 e. The molecular weight excluding hydrogens is 220 g/mol. The van der Waals surface area contributed by atoms with E-state index in [9.17, 15) is 0 Å². The molecule has 2 aromatic rings. The molecular formula is C10H9ClS2. The molecule has 0 bridgehead atoms. The molecule has 0 fully saturated rings. The van der Waals surface area contributed by atoms with Crippen molar-refractivity contribution in [1.82, 2.24) is 0 Å². The maximum Gasteiger partial charge on any atom is 0.0620 e. The molecule has 0 aliphatic heterocycles. The summed E-state index contributed by atoms with van der Waals surface area (Å²) in [6.07, 6.45) is 0.